The van der Waals surface area contributed by atoms with Crippen molar-refractivity contribution in [2.45, 2.75) is 39.1 Å². The summed E-state index contributed by atoms with van der Waals surface area (Å²) < 4.78 is 41.4. The molecule has 0 radical (unpaired) electrons. The first-order valence-corrected chi connectivity index (χ1v) is 7.72. The molecule has 8 heteroatoms. The molecule has 1 aliphatic rings. The predicted molar refractivity (Wildman–Crippen MR) is 84.2 cm³/mol. The molecule has 0 spiro atoms. The molecule has 0 amide bonds. The van der Waals surface area contributed by atoms with Crippen molar-refractivity contribution in [3.05, 3.63) is 51.8 Å². The third-order valence-corrected chi connectivity index (χ3v) is 4.05. The van der Waals surface area contributed by atoms with Gasteiger partial charge in [-0.05, 0) is 32.0 Å². The molecule has 0 saturated carbocycles. The minimum Gasteiger partial charge on any atom is -0.390 e. The second kappa shape index (κ2) is 6.12. The fraction of sp³-hybridized carbons (Fsp3) is 0.375. The Morgan fingerprint density at radius 2 is 2.04 bits per heavy atom. The monoisotopic (exact) mass is 357 g/mol. The van der Waals surface area contributed by atoms with E-state index in [-0.39, 0.29) is 28.8 Å². The number of hydrogen-bond acceptors (Lipinski definition) is 3. The summed E-state index contributed by atoms with van der Waals surface area (Å²) in [5, 5.41) is 8.22. The van der Waals surface area contributed by atoms with Crippen LogP contribution in [0, 0.1) is 13.8 Å². The van der Waals surface area contributed by atoms with Crippen molar-refractivity contribution in [3.63, 3.8) is 0 Å². The first-order valence-electron chi connectivity index (χ1n) is 7.35. The van der Waals surface area contributed by atoms with E-state index in [1.165, 1.54) is 12.1 Å². The zero-order valence-electron chi connectivity index (χ0n) is 13.1. The molecule has 0 unspecified atom stereocenters. The van der Waals surface area contributed by atoms with Crippen molar-refractivity contribution in [2.75, 3.05) is 0 Å². The summed E-state index contributed by atoms with van der Waals surface area (Å²) in [5.41, 5.74) is 1.31. The maximum Gasteiger partial charge on any atom is 0.417 e. The van der Waals surface area contributed by atoms with Gasteiger partial charge >= 0.3 is 6.18 Å². The first kappa shape index (κ1) is 16.8. The minimum atomic E-state index is -4.50. The zero-order valence-corrected chi connectivity index (χ0v) is 13.8. The van der Waals surface area contributed by atoms with Crippen molar-refractivity contribution in [1.29, 1.82) is 0 Å². The highest BCUT2D eigenvalue weighted by Gasteiger charge is 2.36. The van der Waals surface area contributed by atoms with Crippen LogP contribution in [0.1, 0.15) is 28.9 Å². The molecular weight excluding hydrogens is 343 g/mol. The molecule has 3 rings (SSSR count). The van der Waals surface area contributed by atoms with Gasteiger partial charge in [-0.3, -0.25) is 4.68 Å². The molecule has 0 aliphatic carbocycles. The average molecular weight is 358 g/mol. The van der Waals surface area contributed by atoms with Gasteiger partial charge in [0.25, 0.3) is 0 Å². The molecule has 1 atom stereocenters. The molecular formula is C16H15ClF3N3O. The van der Waals surface area contributed by atoms with Crippen molar-refractivity contribution in [3.8, 4) is 0 Å². The summed E-state index contributed by atoms with van der Waals surface area (Å²) in [6, 6.07) is 5.59. The number of hydrogen-bond donors (Lipinski definition) is 0. The lowest BCUT2D eigenvalue weighted by Crippen LogP contribution is -2.19. The molecule has 0 N–H and O–H groups in total. The summed E-state index contributed by atoms with van der Waals surface area (Å²) in [7, 11) is 0. The van der Waals surface area contributed by atoms with E-state index < -0.39 is 11.7 Å². The molecule has 24 heavy (non-hydrogen) atoms. The minimum absolute atomic E-state index is 0.00256. The van der Waals surface area contributed by atoms with E-state index in [0.29, 0.717) is 6.54 Å². The highest BCUT2D eigenvalue weighted by Crippen LogP contribution is 2.35. The summed E-state index contributed by atoms with van der Waals surface area (Å²) in [6.07, 6.45) is -4.57. The Morgan fingerprint density at radius 3 is 2.67 bits per heavy atom. The van der Waals surface area contributed by atoms with Crippen LogP contribution in [-0.2, 0) is 17.6 Å². The molecule has 1 aliphatic heterocycles. The third kappa shape index (κ3) is 3.40. The van der Waals surface area contributed by atoms with Crippen molar-refractivity contribution >= 4 is 17.3 Å². The molecule has 2 aromatic rings. The number of alkyl halides is 3. The summed E-state index contributed by atoms with van der Waals surface area (Å²) in [4.78, 5) is 5.31. The predicted octanol–water partition coefficient (Wildman–Crippen LogP) is 4.37. The summed E-state index contributed by atoms with van der Waals surface area (Å²) in [6.45, 7) is 4.23. The number of rotatable bonds is 3. The molecule has 0 saturated heterocycles. The number of aromatic nitrogens is 2. The largest absolute Gasteiger partial charge is 0.417 e. The third-order valence-electron chi connectivity index (χ3n) is 3.81. The lowest BCUT2D eigenvalue weighted by atomic mass is 9.99. The maximum atomic E-state index is 13.2. The van der Waals surface area contributed by atoms with Gasteiger partial charge in [0.1, 0.15) is 0 Å². The van der Waals surface area contributed by atoms with Crippen LogP contribution < -0.4 is 0 Å². The van der Waals surface area contributed by atoms with E-state index in [2.05, 4.69) is 10.3 Å². The Morgan fingerprint density at radius 1 is 1.29 bits per heavy atom. The highest BCUT2D eigenvalue weighted by molar-refractivity contribution is 6.30. The van der Waals surface area contributed by atoms with Gasteiger partial charge in [-0.2, -0.15) is 18.3 Å². The van der Waals surface area contributed by atoms with Gasteiger partial charge in [0, 0.05) is 22.7 Å². The smallest absolute Gasteiger partial charge is 0.390 e. The Kier molecular flexibility index (Phi) is 4.29. The fourth-order valence-electron chi connectivity index (χ4n) is 2.74. The second-order valence-corrected chi connectivity index (χ2v) is 6.20. The molecule has 0 bridgehead atoms. The SMILES string of the molecule is Cc1cc(C)n(C[C@H]2CC(c3ccc(Cl)cc3C(F)(F)F)=NO2)n1. The van der Waals surface area contributed by atoms with Crippen molar-refractivity contribution in [1.82, 2.24) is 9.78 Å². The van der Waals surface area contributed by atoms with Crippen LogP contribution in [0.15, 0.2) is 29.4 Å². The van der Waals surface area contributed by atoms with E-state index in [0.717, 1.165) is 17.5 Å². The van der Waals surface area contributed by atoms with Crippen molar-refractivity contribution < 1.29 is 18.0 Å². The molecule has 4 nitrogen and oxygen atoms in total. The van der Waals surface area contributed by atoms with Crippen LogP contribution in [-0.4, -0.2) is 21.6 Å². The Labute approximate surface area is 141 Å². The second-order valence-electron chi connectivity index (χ2n) is 5.77. The van der Waals surface area contributed by atoms with Crippen LogP contribution in [0.25, 0.3) is 0 Å². The van der Waals surface area contributed by atoms with Crippen molar-refractivity contribution in [2.24, 2.45) is 5.16 Å². The van der Waals surface area contributed by atoms with Crippen LogP contribution in [0.2, 0.25) is 5.02 Å². The summed E-state index contributed by atoms with van der Waals surface area (Å²) >= 11 is 5.70. The quantitative estimate of drug-likeness (QED) is 0.818. The van der Waals surface area contributed by atoms with Gasteiger partial charge < -0.3 is 4.84 Å². The van der Waals surface area contributed by atoms with E-state index >= 15 is 0 Å². The fourth-order valence-corrected chi connectivity index (χ4v) is 2.91. The van der Waals surface area contributed by atoms with Gasteiger partial charge in [0.15, 0.2) is 6.10 Å². The number of aryl methyl sites for hydroxylation is 2. The lowest BCUT2D eigenvalue weighted by molar-refractivity contribution is -0.137. The van der Waals surface area contributed by atoms with E-state index in [1.807, 2.05) is 19.9 Å². The highest BCUT2D eigenvalue weighted by atomic mass is 35.5. The van der Waals surface area contributed by atoms with Gasteiger partial charge in [0.05, 0.1) is 23.5 Å². The van der Waals surface area contributed by atoms with Crippen LogP contribution in [0.5, 0.6) is 0 Å². The van der Waals surface area contributed by atoms with Crippen LogP contribution >= 0.6 is 11.6 Å². The van der Waals surface area contributed by atoms with E-state index in [9.17, 15) is 13.2 Å². The van der Waals surface area contributed by atoms with Gasteiger partial charge in [-0.25, -0.2) is 0 Å². The lowest BCUT2D eigenvalue weighted by Gasteiger charge is -2.13. The van der Waals surface area contributed by atoms with E-state index in [4.69, 9.17) is 16.4 Å². The number of benzene rings is 1. The number of oxime groups is 1. The molecule has 2 heterocycles. The van der Waals surface area contributed by atoms with Crippen LogP contribution in [0.4, 0.5) is 13.2 Å². The van der Waals surface area contributed by atoms with Gasteiger partial charge in [-0.1, -0.05) is 22.8 Å². The van der Waals surface area contributed by atoms with E-state index in [1.54, 1.807) is 4.68 Å². The molecule has 0 fully saturated rings. The first-order chi connectivity index (χ1) is 11.2. The van der Waals surface area contributed by atoms with Crippen LogP contribution in [0.3, 0.4) is 0 Å². The van der Waals surface area contributed by atoms with Gasteiger partial charge in [0.2, 0.25) is 0 Å². The Bertz CT molecular complexity index is 798. The average Bonchev–Trinajstić information content (AvgIpc) is 3.05. The zero-order chi connectivity index (χ0) is 17.5. The Balaban J connectivity index is 1.80. The summed E-state index contributed by atoms with van der Waals surface area (Å²) in [5.74, 6) is 0. The standard InChI is InChI=1S/C16H15ClF3N3O/c1-9-5-10(2)23(21-9)8-12-7-15(22-24-12)13-4-3-11(17)6-14(13)16(18,19)20/h3-6,12H,7-8H2,1-2H3/t12-/m1/s1. The Hall–Kier alpha value is -2.02. The number of nitrogens with zero attached hydrogens (tertiary/aromatic N) is 3. The van der Waals surface area contributed by atoms with Gasteiger partial charge in [-0.15, -0.1) is 0 Å². The molecule has 1 aromatic heterocycles. The number of halogens is 4. The normalized spacial score (nSPS) is 17.8. The topological polar surface area (TPSA) is 39.4 Å². The molecule has 128 valence electrons. The molecule has 1 aromatic carbocycles. The maximum absolute atomic E-state index is 13.2.